The lowest BCUT2D eigenvalue weighted by molar-refractivity contribution is -0.120. The summed E-state index contributed by atoms with van der Waals surface area (Å²) >= 11 is 6.25. The lowest BCUT2D eigenvalue weighted by Gasteiger charge is -2.18. The number of hydrogen-bond acceptors (Lipinski definition) is 5. The van der Waals surface area contributed by atoms with Crippen LogP contribution >= 0.6 is 11.6 Å². The molecule has 3 aromatic rings. The number of ether oxygens (including phenoxy) is 1. The molecule has 0 saturated heterocycles. The molecule has 8 heteroatoms. The van der Waals surface area contributed by atoms with E-state index in [2.05, 4.69) is 10.6 Å². The zero-order valence-corrected chi connectivity index (χ0v) is 18.6. The second-order valence-corrected chi connectivity index (χ2v) is 7.71. The molecule has 0 atom stereocenters. The van der Waals surface area contributed by atoms with Crippen molar-refractivity contribution in [2.75, 3.05) is 22.6 Å². The standard InChI is InChI=1S/C25H20ClN3O4/c1-15-11-12-20(33-2)19(13-15)29-24(31)21(26)22(25(29)32)27-18-10-6-7-16(14-18)23(30)28-17-8-4-3-5-9-17/h3-14,27H,1-2H3,(H,28,30). The van der Waals surface area contributed by atoms with Crippen LogP contribution in [0.1, 0.15) is 15.9 Å². The fraction of sp³-hybridized carbons (Fsp3) is 0.0800. The zero-order chi connectivity index (χ0) is 23.5. The van der Waals surface area contributed by atoms with Crippen molar-refractivity contribution in [2.45, 2.75) is 6.92 Å². The van der Waals surface area contributed by atoms with Gasteiger partial charge in [-0.2, -0.15) is 0 Å². The number of para-hydroxylation sites is 1. The first-order valence-corrected chi connectivity index (χ1v) is 10.4. The normalized spacial score (nSPS) is 13.4. The molecule has 166 valence electrons. The summed E-state index contributed by atoms with van der Waals surface area (Å²) in [6.07, 6.45) is 0. The van der Waals surface area contributed by atoms with Crippen molar-refractivity contribution in [3.8, 4) is 5.75 Å². The smallest absolute Gasteiger partial charge is 0.283 e. The molecule has 3 amide bonds. The number of aryl methyl sites for hydroxylation is 1. The van der Waals surface area contributed by atoms with Gasteiger partial charge in [-0.15, -0.1) is 0 Å². The van der Waals surface area contributed by atoms with Crippen molar-refractivity contribution in [3.63, 3.8) is 0 Å². The van der Waals surface area contributed by atoms with Crippen molar-refractivity contribution in [2.24, 2.45) is 0 Å². The van der Waals surface area contributed by atoms with Gasteiger partial charge in [-0.05, 0) is 55.0 Å². The van der Waals surface area contributed by atoms with Crippen LogP contribution in [0.3, 0.4) is 0 Å². The minimum absolute atomic E-state index is 0.0779. The number of hydrogen-bond donors (Lipinski definition) is 2. The third kappa shape index (κ3) is 4.44. The third-order valence-corrected chi connectivity index (χ3v) is 5.38. The molecule has 33 heavy (non-hydrogen) atoms. The number of amides is 3. The van der Waals surface area contributed by atoms with Gasteiger partial charge in [0.1, 0.15) is 16.5 Å². The van der Waals surface area contributed by atoms with Gasteiger partial charge in [-0.3, -0.25) is 14.4 Å². The Labute approximate surface area is 195 Å². The van der Waals surface area contributed by atoms with E-state index >= 15 is 0 Å². The van der Waals surface area contributed by atoms with Crippen molar-refractivity contribution >= 4 is 46.4 Å². The lowest BCUT2D eigenvalue weighted by Crippen LogP contribution is -2.32. The Balaban J connectivity index is 1.58. The molecule has 0 spiro atoms. The summed E-state index contributed by atoms with van der Waals surface area (Å²) in [6.45, 7) is 1.84. The fourth-order valence-corrected chi connectivity index (χ4v) is 3.62. The van der Waals surface area contributed by atoms with Gasteiger partial charge in [0.25, 0.3) is 17.7 Å². The predicted molar refractivity (Wildman–Crippen MR) is 128 cm³/mol. The highest BCUT2D eigenvalue weighted by atomic mass is 35.5. The number of methoxy groups -OCH3 is 1. The minimum Gasteiger partial charge on any atom is -0.495 e. The molecule has 0 radical (unpaired) electrons. The molecule has 1 aliphatic rings. The second-order valence-electron chi connectivity index (χ2n) is 7.34. The van der Waals surface area contributed by atoms with Gasteiger partial charge < -0.3 is 15.4 Å². The molecular formula is C25H20ClN3O4. The molecule has 4 rings (SSSR count). The van der Waals surface area contributed by atoms with Crippen LogP contribution in [0.15, 0.2) is 83.5 Å². The Morgan fingerprint density at radius 2 is 1.64 bits per heavy atom. The number of benzene rings is 3. The van der Waals surface area contributed by atoms with E-state index in [-0.39, 0.29) is 16.6 Å². The maximum absolute atomic E-state index is 13.1. The van der Waals surface area contributed by atoms with E-state index in [1.807, 2.05) is 31.2 Å². The van der Waals surface area contributed by atoms with Gasteiger partial charge in [0, 0.05) is 16.9 Å². The van der Waals surface area contributed by atoms with Gasteiger partial charge in [0.05, 0.1) is 12.8 Å². The highest BCUT2D eigenvalue weighted by Gasteiger charge is 2.40. The summed E-state index contributed by atoms with van der Waals surface area (Å²) in [5, 5.41) is 5.45. The molecule has 7 nitrogen and oxygen atoms in total. The number of nitrogens with zero attached hydrogens (tertiary/aromatic N) is 1. The Bertz CT molecular complexity index is 1290. The van der Waals surface area contributed by atoms with Crippen LogP contribution in [-0.4, -0.2) is 24.8 Å². The first kappa shape index (κ1) is 22.1. The number of imide groups is 1. The fourth-order valence-electron chi connectivity index (χ4n) is 3.41. The summed E-state index contributed by atoms with van der Waals surface area (Å²) in [6, 6.07) is 20.8. The molecule has 0 fully saturated rings. The van der Waals surface area contributed by atoms with E-state index in [0.29, 0.717) is 28.4 Å². The number of nitrogens with one attached hydrogen (secondary N) is 2. The number of halogens is 1. The van der Waals surface area contributed by atoms with Crippen LogP contribution in [0.25, 0.3) is 0 Å². The maximum atomic E-state index is 13.1. The topological polar surface area (TPSA) is 87.7 Å². The van der Waals surface area contributed by atoms with E-state index in [1.54, 1.807) is 48.5 Å². The second kappa shape index (κ2) is 9.18. The monoisotopic (exact) mass is 461 g/mol. The van der Waals surface area contributed by atoms with Gasteiger partial charge in [0.2, 0.25) is 0 Å². The average Bonchev–Trinajstić information content (AvgIpc) is 3.03. The van der Waals surface area contributed by atoms with Crippen LogP contribution in [0.5, 0.6) is 5.75 Å². The molecule has 2 N–H and O–H groups in total. The molecule has 1 aliphatic heterocycles. The average molecular weight is 462 g/mol. The van der Waals surface area contributed by atoms with Crippen LogP contribution in [0.4, 0.5) is 17.1 Å². The molecule has 0 aliphatic carbocycles. The van der Waals surface area contributed by atoms with Crippen LogP contribution in [0, 0.1) is 6.92 Å². The Kier molecular flexibility index (Phi) is 6.15. The van der Waals surface area contributed by atoms with Crippen molar-refractivity contribution < 1.29 is 19.1 Å². The highest BCUT2D eigenvalue weighted by Crippen LogP contribution is 2.36. The number of carbonyl (C=O) groups excluding carboxylic acids is 3. The molecule has 0 aromatic heterocycles. The van der Waals surface area contributed by atoms with Crippen molar-refractivity contribution in [1.29, 1.82) is 0 Å². The Morgan fingerprint density at radius 1 is 0.909 bits per heavy atom. The van der Waals surface area contributed by atoms with Gasteiger partial charge in [-0.25, -0.2) is 4.90 Å². The third-order valence-electron chi connectivity index (χ3n) is 5.03. The maximum Gasteiger partial charge on any atom is 0.283 e. The highest BCUT2D eigenvalue weighted by molar-refractivity contribution is 6.53. The molecule has 0 unspecified atom stereocenters. The molecule has 0 bridgehead atoms. The Morgan fingerprint density at radius 3 is 2.36 bits per heavy atom. The van der Waals surface area contributed by atoms with E-state index in [1.165, 1.54) is 7.11 Å². The van der Waals surface area contributed by atoms with Crippen LogP contribution in [0.2, 0.25) is 0 Å². The number of carbonyl (C=O) groups is 3. The summed E-state index contributed by atoms with van der Waals surface area (Å²) < 4.78 is 5.32. The number of rotatable bonds is 6. The largest absolute Gasteiger partial charge is 0.495 e. The molecule has 3 aromatic carbocycles. The SMILES string of the molecule is COc1ccc(C)cc1N1C(=O)C(Cl)=C(Nc2cccc(C(=O)Nc3ccccc3)c2)C1=O. The van der Waals surface area contributed by atoms with E-state index in [9.17, 15) is 14.4 Å². The van der Waals surface area contributed by atoms with E-state index in [4.69, 9.17) is 16.3 Å². The summed E-state index contributed by atoms with van der Waals surface area (Å²) in [4.78, 5) is 39.5. The molecule has 0 saturated carbocycles. The first-order valence-electron chi connectivity index (χ1n) is 10.1. The minimum atomic E-state index is -0.661. The van der Waals surface area contributed by atoms with Crippen LogP contribution in [-0.2, 0) is 9.59 Å². The summed E-state index contributed by atoms with van der Waals surface area (Å²) in [5.41, 5.74) is 2.54. The van der Waals surface area contributed by atoms with Crippen molar-refractivity contribution in [1.82, 2.24) is 0 Å². The van der Waals surface area contributed by atoms with Gasteiger partial charge in [0.15, 0.2) is 0 Å². The summed E-state index contributed by atoms with van der Waals surface area (Å²) in [7, 11) is 1.46. The van der Waals surface area contributed by atoms with Gasteiger partial charge >= 0.3 is 0 Å². The predicted octanol–water partition coefficient (Wildman–Crippen LogP) is 4.69. The van der Waals surface area contributed by atoms with Gasteiger partial charge in [-0.1, -0.05) is 41.9 Å². The van der Waals surface area contributed by atoms with Crippen LogP contribution < -0.4 is 20.3 Å². The lowest BCUT2D eigenvalue weighted by atomic mass is 10.1. The first-order chi connectivity index (χ1) is 15.9. The number of anilines is 3. The Hall–Kier alpha value is -4.10. The van der Waals surface area contributed by atoms with Crippen molar-refractivity contribution in [3.05, 3.63) is 94.7 Å². The zero-order valence-electron chi connectivity index (χ0n) is 17.9. The molecule has 1 heterocycles. The van der Waals surface area contributed by atoms with E-state index < -0.39 is 11.8 Å². The van der Waals surface area contributed by atoms with E-state index in [0.717, 1.165) is 10.5 Å². The molecular weight excluding hydrogens is 442 g/mol. The quantitative estimate of drug-likeness (QED) is 0.520. The summed E-state index contributed by atoms with van der Waals surface area (Å²) in [5.74, 6) is -1.23.